The van der Waals surface area contributed by atoms with E-state index >= 15 is 0 Å². The molecule has 1 N–H and O–H groups in total. The van der Waals surface area contributed by atoms with E-state index in [0.717, 1.165) is 38.8 Å². The molecule has 8 nitrogen and oxygen atoms in total. The second-order valence-corrected chi connectivity index (χ2v) is 7.57. The molecular formula is C22H25N3O5. The smallest absolute Gasteiger partial charge is 0.293 e. The number of nitro benzene ring substituents is 1. The molecule has 1 fully saturated rings. The summed E-state index contributed by atoms with van der Waals surface area (Å²) in [5.41, 5.74) is 0.812. The molecule has 0 aliphatic carbocycles. The number of anilines is 1. The van der Waals surface area contributed by atoms with Crippen LogP contribution < -0.4 is 19.7 Å². The van der Waals surface area contributed by atoms with Gasteiger partial charge in [-0.05, 0) is 37.1 Å². The number of benzene rings is 2. The van der Waals surface area contributed by atoms with Crippen molar-refractivity contribution in [3.63, 3.8) is 0 Å². The molecule has 0 saturated carbocycles. The maximum absolute atomic E-state index is 12.6. The van der Waals surface area contributed by atoms with E-state index in [1.807, 2.05) is 24.3 Å². The Morgan fingerprint density at radius 3 is 2.57 bits per heavy atom. The second-order valence-electron chi connectivity index (χ2n) is 7.57. The van der Waals surface area contributed by atoms with Crippen LogP contribution in [0.3, 0.4) is 0 Å². The summed E-state index contributed by atoms with van der Waals surface area (Å²) < 4.78 is 11.5. The number of nitro groups is 1. The van der Waals surface area contributed by atoms with Crippen molar-refractivity contribution in [3.05, 3.63) is 58.1 Å². The SMILES string of the molecule is O=C(NC[C@@H]1COc2ccccc2O1)c1ccc(N2CCCCCC2)c([N+](=O)[O-])c1. The van der Waals surface area contributed by atoms with E-state index in [1.54, 1.807) is 12.1 Å². The predicted octanol–water partition coefficient (Wildman–Crippen LogP) is 3.55. The zero-order valence-electron chi connectivity index (χ0n) is 16.7. The lowest BCUT2D eigenvalue weighted by Crippen LogP contribution is -2.40. The van der Waals surface area contributed by atoms with E-state index < -0.39 is 4.92 Å². The van der Waals surface area contributed by atoms with Crippen LogP contribution in [0.4, 0.5) is 11.4 Å². The first-order valence-electron chi connectivity index (χ1n) is 10.3. The lowest BCUT2D eigenvalue weighted by Gasteiger charge is -2.26. The van der Waals surface area contributed by atoms with Crippen LogP contribution in [-0.2, 0) is 0 Å². The van der Waals surface area contributed by atoms with Gasteiger partial charge in [0.15, 0.2) is 11.5 Å². The summed E-state index contributed by atoms with van der Waals surface area (Å²) in [5.74, 6) is 0.947. The Balaban J connectivity index is 1.42. The molecule has 0 aromatic heterocycles. The molecule has 8 heteroatoms. The lowest BCUT2D eigenvalue weighted by atomic mass is 10.1. The second kappa shape index (κ2) is 9.02. The minimum atomic E-state index is -0.411. The number of hydrogen-bond donors (Lipinski definition) is 1. The topological polar surface area (TPSA) is 93.9 Å². The highest BCUT2D eigenvalue weighted by Gasteiger charge is 2.24. The Bertz CT molecular complexity index is 925. The molecule has 2 aromatic rings. The van der Waals surface area contributed by atoms with Crippen LogP contribution in [0, 0.1) is 10.1 Å². The van der Waals surface area contributed by atoms with Gasteiger partial charge in [-0.3, -0.25) is 14.9 Å². The van der Waals surface area contributed by atoms with Gasteiger partial charge in [0.1, 0.15) is 18.4 Å². The van der Waals surface area contributed by atoms with Crippen LogP contribution in [-0.4, -0.2) is 43.2 Å². The van der Waals surface area contributed by atoms with Gasteiger partial charge in [-0.1, -0.05) is 25.0 Å². The molecule has 0 unspecified atom stereocenters. The minimum Gasteiger partial charge on any atom is -0.486 e. The molecule has 1 atom stereocenters. The molecular weight excluding hydrogens is 386 g/mol. The predicted molar refractivity (Wildman–Crippen MR) is 112 cm³/mol. The van der Waals surface area contributed by atoms with Crippen molar-refractivity contribution in [1.82, 2.24) is 5.32 Å². The molecule has 2 heterocycles. The third kappa shape index (κ3) is 4.48. The number of carbonyl (C=O) groups is 1. The number of fused-ring (bicyclic) bond motifs is 1. The van der Waals surface area contributed by atoms with Crippen LogP contribution in [0.1, 0.15) is 36.0 Å². The number of rotatable bonds is 5. The molecule has 2 aromatic carbocycles. The summed E-state index contributed by atoms with van der Waals surface area (Å²) in [4.78, 5) is 25.9. The van der Waals surface area contributed by atoms with Crippen molar-refractivity contribution in [2.45, 2.75) is 31.8 Å². The maximum atomic E-state index is 12.6. The van der Waals surface area contributed by atoms with Crippen LogP contribution in [0.25, 0.3) is 0 Å². The third-order valence-corrected chi connectivity index (χ3v) is 5.44. The number of amides is 1. The van der Waals surface area contributed by atoms with E-state index in [2.05, 4.69) is 10.2 Å². The first-order valence-corrected chi connectivity index (χ1v) is 10.3. The summed E-state index contributed by atoms with van der Waals surface area (Å²) in [5, 5.41) is 14.5. The monoisotopic (exact) mass is 411 g/mol. The average molecular weight is 411 g/mol. The normalized spacial score (nSPS) is 18.4. The molecule has 0 bridgehead atoms. The van der Waals surface area contributed by atoms with Crippen LogP contribution in [0.15, 0.2) is 42.5 Å². The molecule has 2 aliphatic rings. The molecule has 0 radical (unpaired) electrons. The molecule has 0 spiro atoms. The van der Waals surface area contributed by atoms with E-state index in [1.165, 1.54) is 6.07 Å². The number of carbonyl (C=O) groups excluding carboxylic acids is 1. The van der Waals surface area contributed by atoms with Gasteiger partial charge in [0.25, 0.3) is 11.6 Å². The Hall–Kier alpha value is -3.29. The quantitative estimate of drug-likeness (QED) is 0.597. The summed E-state index contributed by atoms with van der Waals surface area (Å²) in [6, 6.07) is 12.1. The summed E-state index contributed by atoms with van der Waals surface area (Å²) >= 11 is 0. The van der Waals surface area contributed by atoms with Gasteiger partial charge < -0.3 is 19.7 Å². The zero-order valence-corrected chi connectivity index (χ0v) is 16.7. The largest absolute Gasteiger partial charge is 0.486 e. The standard InChI is InChI=1S/C22H25N3O5/c26-22(23-14-17-15-29-20-7-3-4-8-21(20)30-17)16-9-10-18(19(13-16)25(27)28)24-11-5-1-2-6-12-24/h3-4,7-10,13,17H,1-2,5-6,11-12,14-15H2,(H,23,26)/t17-/m1/s1. The van der Waals surface area contributed by atoms with Gasteiger partial charge in [0.05, 0.1) is 11.5 Å². The van der Waals surface area contributed by atoms with Gasteiger partial charge in [-0.2, -0.15) is 0 Å². The van der Waals surface area contributed by atoms with Crippen LogP contribution in [0.2, 0.25) is 0 Å². The highest BCUT2D eigenvalue weighted by atomic mass is 16.6. The lowest BCUT2D eigenvalue weighted by molar-refractivity contribution is -0.384. The van der Waals surface area contributed by atoms with Crippen molar-refractivity contribution in [2.75, 3.05) is 31.1 Å². The van der Waals surface area contributed by atoms with Gasteiger partial charge in [0, 0.05) is 24.7 Å². The van der Waals surface area contributed by atoms with E-state index in [4.69, 9.17) is 9.47 Å². The summed E-state index contributed by atoms with van der Waals surface area (Å²) in [7, 11) is 0. The number of hydrogen-bond acceptors (Lipinski definition) is 6. The Morgan fingerprint density at radius 1 is 1.10 bits per heavy atom. The summed E-state index contributed by atoms with van der Waals surface area (Å²) in [6.07, 6.45) is 4.00. The van der Waals surface area contributed by atoms with Crippen molar-refractivity contribution in [1.29, 1.82) is 0 Å². The number of ether oxygens (including phenoxy) is 2. The van der Waals surface area contributed by atoms with Gasteiger partial charge in [-0.25, -0.2) is 0 Å². The van der Waals surface area contributed by atoms with Crippen molar-refractivity contribution in [3.8, 4) is 11.5 Å². The Morgan fingerprint density at radius 2 is 1.83 bits per heavy atom. The molecule has 158 valence electrons. The fraction of sp³-hybridized carbons (Fsp3) is 0.409. The molecule has 1 saturated heterocycles. The van der Waals surface area contributed by atoms with E-state index in [9.17, 15) is 14.9 Å². The van der Waals surface area contributed by atoms with Gasteiger partial charge in [-0.15, -0.1) is 0 Å². The average Bonchev–Trinajstić information content (AvgIpc) is 3.06. The maximum Gasteiger partial charge on any atom is 0.293 e. The van der Waals surface area contributed by atoms with Crippen LogP contribution in [0.5, 0.6) is 11.5 Å². The zero-order chi connectivity index (χ0) is 20.9. The fourth-order valence-electron chi connectivity index (χ4n) is 3.86. The highest BCUT2D eigenvalue weighted by Crippen LogP contribution is 2.32. The first kappa shape index (κ1) is 20.0. The number of para-hydroxylation sites is 2. The van der Waals surface area contributed by atoms with Crippen molar-refractivity contribution < 1.29 is 19.2 Å². The van der Waals surface area contributed by atoms with E-state index in [0.29, 0.717) is 23.8 Å². The van der Waals surface area contributed by atoms with Crippen LogP contribution >= 0.6 is 0 Å². The Labute approximate surface area is 174 Å². The van der Waals surface area contributed by atoms with Gasteiger partial charge in [0.2, 0.25) is 0 Å². The molecule has 30 heavy (non-hydrogen) atoms. The van der Waals surface area contributed by atoms with E-state index in [-0.39, 0.29) is 29.8 Å². The number of nitrogens with one attached hydrogen (secondary N) is 1. The molecule has 4 rings (SSSR count). The van der Waals surface area contributed by atoms with Crippen molar-refractivity contribution >= 4 is 17.3 Å². The third-order valence-electron chi connectivity index (χ3n) is 5.44. The van der Waals surface area contributed by atoms with Crippen molar-refractivity contribution in [2.24, 2.45) is 0 Å². The number of nitrogens with zero attached hydrogens (tertiary/aromatic N) is 2. The first-order chi connectivity index (χ1) is 14.6. The molecule has 1 amide bonds. The highest BCUT2D eigenvalue weighted by molar-refractivity contribution is 5.95. The fourth-order valence-corrected chi connectivity index (χ4v) is 3.86. The molecule has 2 aliphatic heterocycles. The van der Waals surface area contributed by atoms with Gasteiger partial charge >= 0.3 is 0 Å². The summed E-state index contributed by atoms with van der Waals surface area (Å²) in [6.45, 7) is 2.17. The Kier molecular flexibility index (Phi) is 6.02. The minimum absolute atomic E-state index is 0.0317.